The minimum absolute atomic E-state index is 0.521. The van der Waals surface area contributed by atoms with Crippen molar-refractivity contribution in [3.05, 3.63) is 0 Å². The van der Waals surface area contributed by atoms with Crippen molar-refractivity contribution in [2.75, 3.05) is 6.61 Å². The van der Waals surface area contributed by atoms with Crippen LogP contribution in [-0.4, -0.2) is 11.5 Å². The molecule has 0 aliphatic rings. The first-order valence-electron chi connectivity index (χ1n) is 3.30. The molecule has 0 aromatic rings. The zero-order chi connectivity index (χ0) is 7.82. The molecule has 1 atom stereocenters. The van der Waals surface area contributed by atoms with E-state index in [0.717, 1.165) is 19.3 Å². The van der Waals surface area contributed by atoms with Gasteiger partial charge >= 0.3 is 8.60 Å². The van der Waals surface area contributed by atoms with Crippen LogP contribution in [-0.2, 0) is 9.15 Å². The average Bonchev–Trinajstić information content (AvgIpc) is 1.98. The van der Waals surface area contributed by atoms with Gasteiger partial charge in [0.05, 0.1) is 6.61 Å². The summed E-state index contributed by atoms with van der Waals surface area (Å²) in [4.78, 5) is 8.65. The van der Waals surface area contributed by atoms with E-state index >= 15 is 0 Å². The van der Waals surface area contributed by atoms with Gasteiger partial charge in [0.15, 0.2) is 0 Å². The molecule has 0 radical (unpaired) electrons. The first kappa shape index (κ1) is 10.3. The lowest BCUT2D eigenvalue weighted by Gasteiger charge is -2.05. The van der Waals surface area contributed by atoms with Crippen LogP contribution in [0.15, 0.2) is 0 Å². The Morgan fingerprint density at radius 3 is 2.70 bits per heavy atom. The van der Waals surface area contributed by atoms with Gasteiger partial charge in [0.1, 0.15) is 0 Å². The molecule has 1 unspecified atom stereocenters. The molecule has 3 N–H and O–H groups in total. The lowest BCUT2D eigenvalue weighted by atomic mass is 10.3. The van der Waals surface area contributed by atoms with Crippen molar-refractivity contribution < 1.29 is 14.0 Å². The molecule has 5 heteroatoms. The van der Waals surface area contributed by atoms with E-state index < -0.39 is 8.60 Å². The van der Waals surface area contributed by atoms with Crippen LogP contribution in [0, 0.1) is 0 Å². The fourth-order valence-corrected chi connectivity index (χ4v) is 0.871. The Balaban J connectivity index is 2.89. The van der Waals surface area contributed by atoms with Gasteiger partial charge in [-0.1, -0.05) is 19.8 Å². The highest BCUT2D eigenvalue weighted by molar-refractivity contribution is 7.40. The summed E-state index contributed by atoms with van der Waals surface area (Å²) >= 11 is 0. The molecule has 62 valence electrons. The summed E-state index contributed by atoms with van der Waals surface area (Å²) in [5.41, 5.74) is 0. The molecule has 0 aromatic carbocycles. The molecule has 0 aliphatic carbocycles. The van der Waals surface area contributed by atoms with E-state index in [1.807, 2.05) is 0 Å². The average molecular weight is 167 g/mol. The van der Waals surface area contributed by atoms with Gasteiger partial charge in [-0.2, -0.15) is 0 Å². The maximum atomic E-state index is 8.65. The number of unbranched alkanes of at least 4 members (excludes halogenated alkanes) is 2. The highest BCUT2D eigenvalue weighted by atomic mass is 31.2. The van der Waals surface area contributed by atoms with Gasteiger partial charge in [0.25, 0.3) is 0 Å². The van der Waals surface area contributed by atoms with Crippen molar-refractivity contribution in [3.8, 4) is 0 Å². The summed E-state index contributed by atoms with van der Waals surface area (Å²) in [7, 11) is -1.82. The molecule has 0 bridgehead atoms. The third kappa shape index (κ3) is 6.39. The molecule has 10 heavy (non-hydrogen) atoms. The Labute approximate surface area is 62.3 Å². The molecule has 0 aromatic heterocycles. The van der Waals surface area contributed by atoms with Crippen LogP contribution in [0.25, 0.3) is 0 Å². The number of nitrogens with two attached hydrogens (primary N) is 1. The monoisotopic (exact) mass is 167 g/mol. The lowest BCUT2D eigenvalue weighted by Crippen LogP contribution is -1.96. The van der Waals surface area contributed by atoms with E-state index in [4.69, 9.17) is 9.42 Å². The SMILES string of the molecule is CCCCCOP(O)ON. The van der Waals surface area contributed by atoms with Crippen molar-refractivity contribution in [2.45, 2.75) is 26.2 Å². The van der Waals surface area contributed by atoms with Gasteiger partial charge in [-0.15, -0.1) is 0 Å². The molecule has 0 rings (SSSR count). The quantitative estimate of drug-likeness (QED) is 0.355. The zero-order valence-electron chi connectivity index (χ0n) is 6.12. The smallest absolute Gasteiger partial charge is 0.327 e. The highest BCUT2D eigenvalue weighted by Gasteiger charge is 2.01. The Bertz CT molecular complexity index is 73.9. The maximum absolute atomic E-state index is 8.65. The summed E-state index contributed by atoms with van der Waals surface area (Å²) in [6, 6.07) is 0. The van der Waals surface area contributed by atoms with Gasteiger partial charge < -0.3 is 9.42 Å². The summed E-state index contributed by atoms with van der Waals surface area (Å²) in [6.45, 7) is 2.62. The fraction of sp³-hybridized carbons (Fsp3) is 1.00. The molecule has 0 amide bonds. The van der Waals surface area contributed by atoms with E-state index in [9.17, 15) is 0 Å². The third-order valence-corrected chi connectivity index (χ3v) is 1.62. The van der Waals surface area contributed by atoms with Gasteiger partial charge in [0.2, 0.25) is 0 Å². The molecule has 0 aliphatic heterocycles. The molecule has 0 saturated heterocycles. The van der Waals surface area contributed by atoms with Crippen LogP contribution < -0.4 is 5.90 Å². The minimum atomic E-state index is -1.82. The van der Waals surface area contributed by atoms with Crippen molar-refractivity contribution >= 4 is 8.60 Å². The Morgan fingerprint density at radius 1 is 1.50 bits per heavy atom. The molecule has 0 heterocycles. The number of rotatable bonds is 6. The summed E-state index contributed by atoms with van der Waals surface area (Å²) in [5, 5.41) is 0. The summed E-state index contributed by atoms with van der Waals surface area (Å²) < 4.78 is 8.79. The van der Waals surface area contributed by atoms with Crippen LogP contribution in [0.2, 0.25) is 0 Å². The Hall–Kier alpha value is 0.270. The Kier molecular flexibility index (Phi) is 7.58. The molecular weight excluding hydrogens is 153 g/mol. The largest absolute Gasteiger partial charge is 0.347 e. The van der Waals surface area contributed by atoms with Gasteiger partial charge in [-0.25, -0.2) is 10.5 Å². The molecule has 0 saturated carbocycles. The zero-order valence-corrected chi connectivity index (χ0v) is 7.01. The second-order valence-electron chi connectivity index (χ2n) is 1.88. The third-order valence-electron chi connectivity index (χ3n) is 1.04. The van der Waals surface area contributed by atoms with Crippen LogP contribution in [0.1, 0.15) is 26.2 Å². The van der Waals surface area contributed by atoms with Crippen LogP contribution >= 0.6 is 8.60 Å². The second-order valence-corrected chi connectivity index (χ2v) is 2.83. The van der Waals surface area contributed by atoms with Gasteiger partial charge in [-0.05, 0) is 6.42 Å². The topological polar surface area (TPSA) is 64.7 Å². The van der Waals surface area contributed by atoms with Crippen molar-refractivity contribution in [1.82, 2.24) is 0 Å². The van der Waals surface area contributed by atoms with Crippen LogP contribution in [0.5, 0.6) is 0 Å². The molecular formula is C5H14NO3P. The van der Waals surface area contributed by atoms with Crippen molar-refractivity contribution in [2.24, 2.45) is 5.90 Å². The first-order valence-corrected chi connectivity index (χ1v) is 4.43. The standard InChI is InChI=1S/C5H14NO3P/c1-2-3-4-5-8-10(7)9-6/h7H,2-6H2,1H3. The van der Waals surface area contributed by atoms with Crippen molar-refractivity contribution in [3.63, 3.8) is 0 Å². The number of hydrogen-bond donors (Lipinski definition) is 2. The minimum Gasteiger partial charge on any atom is -0.327 e. The normalized spacial score (nSPS) is 13.5. The van der Waals surface area contributed by atoms with Crippen LogP contribution in [0.3, 0.4) is 0 Å². The summed E-state index contributed by atoms with van der Waals surface area (Å²) in [5.74, 6) is 4.64. The predicted molar refractivity (Wildman–Crippen MR) is 39.9 cm³/mol. The van der Waals surface area contributed by atoms with E-state index in [0.29, 0.717) is 6.61 Å². The maximum Gasteiger partial charge on any atom is 0.347 e. The van der Waals surface area contributed by atoms with Crippen molar-refractivity contribution in [1.29, 1.82) is 0 Å². The lowest BCUT2D eigenvalue weighted by molar-refractivity contribution is 0.200. The number of hydrogen-bond acceptors (Lipinski definition) is 4. The van der Waals surface area contributed by atoms with E-state index in [1.54, 1.807) is 0 Å². The highest BCUT2D eigenvalue weighted by Crippen LogP contribution is 2.29. The molecule has 0 fully saturated rings. The van der Waals surface area contributed by atoms with E-state index in [1.165, 1.54) is 0 Å². The van der Waals surface area contributed by atoms with Gasteiger partial charge in [0, 0.05) is 0 Å². The summed E-state index contributed by atoms with van der Waals surface area (Å²) in [6.07, 6.45) is 3.18. The molecule has 4 nitrogen and oxygen atoms in total. The predicted octanol–water partition coefficient (Wildman–Crippen LogP) is 1.30. The Morgan fingerprint density at radius 2 is 2.20 bits per heavy atom. The van der Waals surface area contributed by atoms with Crippen LogP contribution in [0.4, 0.5) is 0 Å². The van der Waals surface area contributed by atoms with E-state index in [2.05, 4.69) is 17.4 Å². The molecule has 0 spiro atoms. The van der Waals surface area contributed by atoms with E-state index in [-0.39, 0.29) is 0 Å². The fourth-order valence-electron chi connectivity index (χ4n) is 0.525. The van der Waals surface area contributed by atoms with Gasteiger partial charge in [-0.3, -0.25) is 0 Å². The first-order chi connectivity index (χ1) is 4.81. The second kappa shape index (κ2) is 7.38.